The van der Waals surface area contributed by atoms with Crippen LogP contribution in [0, 0.1) is 0 Å². The average Bonchev–Trinajstić information content (AvgIpc) is 2.39. The Bertz CT molecular complexity index is 417. The molecule has 0 unspecified atom stereocenters. The highest BCUT2D eigenvalue weighted by molar-refractivity contribution is 9.10. The minimum atomic E-state index is 0.0331. The summed E-state index contributed by atoms with van der Waals surface area (Å²) < 4.78 is 1.14. The molecule has 1 aromatic carbocycles. The van der Waals surface area contributed by atoms with Crippen LogP contribution >= 0.6 is 15.9 Å². The Morgan fingerprint density at radius 3 is 2.20 bits per heavy atom. The van der Waals surface area contributed by atoms with Crippen molar-refractivity contribution in [2.75, 3.05) is 13.1 Å². The monoisotopic (exact) mass is 338 g/mol. The summed E-state index contributed by atoms with van der Waals surface area (Å²) in [4.78, 5) is 2.57. The smallest absolute Gasteiger partial charge is 0.0379 e. The van der Waals surface area contributed by atoms with Gasteiger partial charge < -0.3 is 10.2 Å². The maximum absolute atomic E-state index is 3.85. The van der Waals surface area contributed by atoms with Crippen molar-refractivity contribution in [1.82, 2.24) is 10.2 Å². The van der Waals surface area contributed by atoms with E-state index in [1.165, 1.54) is 31.5 Å². The summed E-state index contributed by atoms with van der Waals surface area (Å²) >= 11 is 3.50. The fourth-order valence-corrected chi connectivity index (χ4v) is 3.28. The van der Waals surface area contributed by atoms with Crippen LogP contribution in [0.5, 0.6) is 0 Å². The molecule has 1 aliphatic rings. The molecule has 1 aromatic rings. The van der Waals surface area contributed by atoms with Gasteiger partial charge in [0.2, 0.25) is 0 Å². The Morgan fingerprint density at radius 2 is 1.70 bits per heavy atom. The molecule has 112 valence electrons. The Hall–Kier alpha value is -0.380. The van der Waals surface area contributed by atoms with Gasteiger partial charge in [-0.05, 0) is 71.3 Å². The maximum atomic E-state index is 3.85. The summed E-state index contributed by atoms with van der Waals surface area (Å²) in [6, 6.07) is 9.97. The highest BCUT2D eigenvalue weighted by Gasteiger charge is 2.27. The van der Waals surface area contributed by atoms with Gasteiger partial charge in [0.25, 0.3) is 0 Å². The van der Waals surface area contributed by atoms with Gasteiger partial charge in [-0.15, -0.1) is 0 Å². The van der Waals surface area contributed by atoms with Gasteiger partial charge in [0.1, 0.15) is 0 Å². The van der Waals surface area contributed by atoms with Gasteiger partial charge in [-0.3, -0.25) is 0 Å². The van der Waals surface area contributed by atoms with Gasteiger partial charge in [0.05, 0.1) is 0 Å². The number of hydrogen-bond acceptors (Lipinski definition) is 2. The highest BCUT2D eigenvalue weighted by Crippen LogP contribution is 2.25. The molecule has 1 fully saturated rings. The summed E-state index contributed by atoms with van der Waals surface area (Å²) in [6.45, 7) is 11.6. The van der Waals surface area contributed by atoms with Crippen LogP contribution < -0.4 is 5.32 Å². The zero-order valence-electron chi connectivity index (χ0n) is 13.1. The first-order valence-corrected chi connectivity index (χ1v) is 8.45. The fourth-order valence-electron chi connectivity index (χ4n) is 3.02. The number of halogens is 1. The third-order valence-electron chi connectivity index (χ3n) is 4.39. The maximum Gasteiger partial charge on any atom is 0.0379 e. The van der Waals surface area contributed by atoms with Crippen molar-refractivity contribution >= 4 is 15.9 Å². The second-order valence-corrected chi connectivity index (χ2v) is 7.60. The molecule has 3 heteroatoms. The lowest BCUT2D eigenvalue weighted by Gasteiger charge is -2.39. The molecule has 0 atom stereocenters. The number of nitrogens with zero attached hydrogens (tertiary/aromatic N) is 1. The van der Waals surface area contributed by atoms with Crippen LogP contribution in [0.1, 0.15) is 46.1 Å². The summed E-state index contributed by atoms with van der Waals surface area (Å²) in [5, 5.41) is 3.85. The van der Waals surface area contributed by atoms with E-state index < -0.39 is 0 Å². The molecule has 1 saturated heterocycles. The molecule has 0 spiro atoms. The topological polar surface area (TPSA) is 15.3 Å². The molecule has 1 aliphatic heterocycles. The second-order valence-electron chi connectivity index (χ2n) is 6.68. The van der Waals surface area contributed by atoms with E-state index in [1.807, 2.05) is 0 Å². The molecular weight excluding hydrogens is 312 g/mol. The lowest BCUT2D eigenvalue weighted by Crippen LogP contribution is -2.50. The quantitative estimate of drug-likeness (QED) is 0.887. The lowest BCUT2D eigenvalue weighted by molar-refractivity contribution is 0.147. The summed E-state index contributed by atoms with van der Waals surface area (Å²) in [6.07, 6.45) is 2.50. The van der Waals surface area contributed by atoms with Gasteiger partial charge in [-0.2, -0.15) is 0 Å². The average molecular weight is 339 g/mol. The van der Waals surface area contributed by atoms with Gasteiger partial charge in [0.15, 0.2) is 0 Å². The van der Waals surface area contributed by atoms with Crippen molar-refractivity contribution < 1.29 is 0 Å². The molecule has 0 aliphatic carbocycles. The Labute approximate surface area is 132 Å². The number of likely N-dealkylation sites (tertiary alicyclic amines) is 1. The van der Waals surface area contributed by atoms with E-state index in [4.69, 9.17) is 0 Å². The molecule has 0 radical (unpaired) electrons. The van der Waals surface area contributed by atoms with Crippen LogP contribution in [0.3, 0.4) is 0 Å². The Balaban J connectivity index is 1.94. The van der Waals surface area contributed by atoms with E-state index in [1.54, 1.807) is 0 Å². The van der Waals surface area contributed by atoms with Crippen LogP contribution in [0.15, 0.2) is 28.7 Å². The number of piperidine rings is 1. The molecule has 1 heterocycles. The molecule has 0 amide bonds. The first kappa shape index (κ1) is 16.0. The molecular formula is C17H27BrN2. The van der Waals surface area contributed by atoms with Crippen LogP contribution in [0.25, 0.3) is 0 Å². The largest absolute Gasteiger partial charge is 0.305 e. The van der Waals surface area contributed by atoms with E-state index >= 15 is 0 Å². The lowest BCUT2D eigenvalue weighted by atomic mass is 9.91. The minimum Gasteiger partial charge on any atom is -0.305 e. The SMILES string of the molecule is CC(C)N1CCC(NC(C)(C)c2ccc(Br)cc2)CC1. The van der Waals surface area contributed by atoms with Crippen molar-refractivity contribution in [2.45, 2.75) is 58.2 Å². The first-order valence-electron chi connectivity index (χ1n) is 7.66. The van der Waals surface area contributed by atoms with Crippen molar-refractivity contribution in [2.24, 2.45) is 0 Å². The molecule has 1 N–H and O–H groups in total. The van der Waals surface area contributed by atoms with Crippen LogP contribution in [-0.2, 0) is 5.54 Å². The Morgan fingerprint density at radius 1 is 1.15 bits per heavy atom. The van der Waals surface area contributed by atoms with E-state index in [9.17, 15) is 0 Å². The van der Waals surface area contributed by atoms with Gasteiger partial charge >= 0.3 is 0 Å². The highest BCUT2D eigenvalue weighted by atomic mass is 79.9. The van der Waals surface area contributed by atoms with E-state index in [-0.39, 0.29) is 5.54 Å². The number of rotatable bonds is 4. The zero-order valence-corrected chi connectivity index (χ0v) is 14.7. The molecule has 0 saturated carbocycles. The third-order valence-corrected chi connectivity index (χ3v) is 4.92. The molecule has 2 rings (SSSR count). The number of benzene rings is 1. The normalized spacial score (nSPS) is 18.7. The predicted octanol–water partition coefficient (Wildman–Crippen LogP) is 4.15. The fraction of sp³-hybridized carbons (Fsp3) is 0.647. The van der Waals surface area contributed by atoms with Gasteiger partial charge in [-0.1, -0.05) is 28.1 Å². The number of nitrogens with one attached hydrogen (secondary N) is 1. The predicted molar refractivity (Wildman–Crippen MR) is 90.0 cm³/mol. The van der Waals surface area contributed by atoms with Gasteiger partial charge in [0, 0.05) is 22.1 Å². The third kappa shape index (κ3) is 4.06. The summed E-state index contributed by atoms with van der Waals surface area (Å²) in [5.74, 6) is 0. The van der Waals surface area contributed by atoms with Gasteiger partial charge in [-0.25, -0.2) is 0 Å². The van der Waals surface area contributed by atoms with Crippen molar-refractivity contribution in [3.63, 3.8) is 0 Å². The van der Waals surface area contributed by atoms with E-state index in [0.717, 1.165) is 4.47 Å². The second kappa shape index (κ2) is 6.59. The summed E-state index contributed by atoms with van der Waals surface area (Å²) in [5.41, 5.74) is 1.39. The van der Waals surface area contributed by atoms with E-state index in [2.05, 4.69) is 78.1 Å². The molecule has 0 bridgehead atoms. The standard InChI is InChI=1S/C17H27BrN2/c1-13(2)20-11-9-16(10-12-20)19-17(3,4)14-5-7-15(18)8-6-14/h5-8,13,16,19H,9-12H2,1-4H3. The van der Waals surface area contributed by atoms with Crippen LogP contribution in [0.4, 0.5) is 0 Å². The zero-order chi connectivity index (χ0) is 14.8. The number of hydrogen-bond donors (Lipinski definition) is 1. The first-order chi connectivity index (χ1) is 9.38. The molecule has 2 nitrogen and oxygen atoms in total. The van der Waals surface area contributed by atoms with Crippen molar-refractivity contribution in [3.05, 3.63) is 34.3 Å². The molecule has 0 aromatic heterocycles. The minimum absolute atomic E-state index is 0.0331. The van der Waals surface area contributed by atoms with Crippen molar-refractivity contribution in [1.29, 1.82) is 0 Å². The summed E-state index contributed by atoms with van der Waals surface area (Å²) in [7, 11) is 0. The van der Waals surface area contributed by atoms with E-state index in [0.29, 0.717) is 12.1 Å². The van der Waals surface area contributed by atoms with Crippen LogP contribution in [0.2, 0.25) is 0 Å². The van der Waals surface area contributed by atoms with Crippen molar-refractivity contribution in [3.8, 4) is 0 Å². The molecule has 20 heavy (non-hydrogen) atoms. The van der Waals surface area contributed by atoms with Crippen LogP contribution in [-0.4, -0.2) is 30.1 Å². The Kier molecular flexibility index (Phi) is 5.27.